The molecule has 0 fully saturated rings. The summed E-state index contributed by atoms with van der Waals surface area (Å²) < 4.78 is 30.5. The monoisotopic (exact) mass is 292 g/mol. The molecule has 1 heterocycles. The van der Waals surface area contributed by atoms with E-state index in [4.69, 9.17) is 4.74 Å². The summed E-state index contributed by atoms with van der Waals surface area (Å²) in [5.41, 5.74) is 1.39. The van der Waals surface area contributed by atoms with Crippen LogP contribution in [0.1, 0.15) is 5.56 Å². The highest BCUT2D eigenvalue weighted by Gasteiger charge is 2.18. The fourth-order valence-corrected chi connectivity index (χ4v) is 2.70. The topological polar surface area (TPSA) is 59.5 Å². The minimum Gasteiger partial charge on any atom is -0.497 e. The predicted octanol–water partition coefficient (Wildman–Crippen LogP) is 2.06. The van der Waals surface area contributed by atoms with E-state index in [2.05, 4.69) is 4.98 Å². The largest absolute Gasteiger partial charge is 0.497 e. The second-order valence-corrected chi connectivity index (χ2v) is 6.24. The molecule has 20 heavy (non-hydrogen) atoms. The Kier molecular flexibility index (Phi) is 4.24. The van der Waals surface area contributed by atoms with Crippen LogP contribution in [0.3, 0.4) is 0 Å². The van der Waals surface area contributed by atoms with Gasteiger partial charge in [-0.1, -0.05) is 12.1 Å². The van der Waals surface area contributed by atoms with Crippen molar-refractivity contribution < 1.29 is 13.2 Å². The van der Waals surface area contributed by atoms with Crippen LogP contribution in [0.25, 0.3) is 0 Å². The van der Waals surface area contributed by atoms with Crippen molar-refractivity contribution in [3.05, 3.63) is 54.4 Å². The lowest BCUT2D eigenvalue weighted by Gasteiger charge is -2.22. The maximum Gasteiger partial charge on any atom is 0.232 e. The average molecular weight is 292 g/mol. The molecule has 2 rings (SSSR count). The first-order chi connectivity index (χ1) is 9.50. The molecule has 0 aliphatic rings. The van der Waals surface area contributed by atoms with E-state index < -0.39 is 10.0 Å². The van der Waals surface area contributed by atoms with Gasteiger partial charge in [0, 0.05) is 18.5 Å². The molecule has 0 spiro atoms. The molecule has 0 saturated heterocycles. The molecule has 1 aromatic heterocycles. The molecule has 0 saturated carbocycles. The molecule has 0 amide bonds. The third kappa shape index (κ3) is 3.48. The van der Waals surface area contributed by atoms with Crippen LogP contribution in [-0.2, 0) is 16.6 Å². The number of hydrogen-bond acceptors (Lipinski definition) is 4. The van der Waals surface area contributed by atoms with Gasteiger partial charge in [0.15, 0.2) is 0 Å². The van der Waals surface area contributed by atoms with Crippen molar-refractivity contribution in [3.63, 3.8) is 0 Å². The van der Waals surface area contributed by atoms with Crippen LogP contribution in [0, 0.1) is 0 Å². The van der Waals surface area contributed by atoms with Gasteiger partial charge in [0.2, 0.25) is 10.0 Å². The lowest BCUT2D eigenvalue weighted by molar-refractivity contribution is 0.415. The van der Waals surface area contributed by atoms with E-state index in [-0.39, 0.29) is 6.54 Å². The SMILES string of the molecule is COc1cccc(N(Cc2cccnc2)S(C)(=O)=O)c1. The van der Waals surface area contributed by atoms with Crippen LogP contribution in [0.4, 0.5) is 5.69 Å². The van der Waals surface area contributed by atoms with E-state index in [1.54, 1.807) is 49.8 Å². The van der Waals surface area contributed by atoms with Crippen LogP contribution in [0.15, 0.2) is 48.8 Å². The molecule has 0 unspecified atom stereocenters. The van der Waals surface area contributed by atoms with Gasteiger partial charge in [-0.15, -0.1) is 0 Å². The van der Waals surface area contributed by atoms with Crippen LogP contribution in [-0.4, -0.2) is 26.8 Å². The van der Waals surface area contributed by atoms with Crippen molar-refractivity contribution in [2.45, 2.75) is 6.54 Å². The summed E-state index contributed by atoms with van der Waals surface area (Å²) in [6.45, 7) is 0.236. The number of hydrogen-bond donors (Lipinski definition) is 0. The van der Waals surface area contributed by atoms with E-state index >= 15 is 0 Å². The Bertz CT molecular complexity index is 672. The fraction of sp³-hybridized carbons (Fsp3) is 0.214. The Morgan fingerprint density at radius 3 is 2.65 bits per heavy atom. The molecular formula is C14H16N2O3S. The number of rotatable bonds is 5. The van der Waals surface area contributed by atoms with Crippen molar-refractivity contribution in [3.8, 4) is 5.75 Å². The average Bonchev–Trinajstić information content (AvgIpc) is 2.45. The van der Waals surface area contributed by atoms with Crippen molar-refractivity contribution in [1.29, 1.82) is 0 Å². The Balaban J connectivity index is 2.38. The quantitative estimate of drug-likeness (QED) is 0.846. The smallest absolute Gasteiger partial charge is 0.232 e. The van der Waals surface area contributed by atoms with Crippen LogP contribution in [0.5, 0.6) is 5.75 Å². The Hall–Kier alpha value is -2.08. The number of benzene rings is 1. The van der Waals surface area contributed by atoms with Gasteiger partial charge >= 0.3 is 0 Å². The van der Waals surface area contributed by atoms with Gasteiger partial charge in [-0.25, -0.2) is 8.42 Å². The summed E-state index contributed by atoms with van der Waals surface area (Å²) in [5, 5.41) is 0. The molecule has 6 heteroatoms. The minimum atomic E-state index is -3.39. The molecule has 0 radical (unpaired) electrons. The van der Waals surface area contributed by atoms with Crippen LogP contribution in [0.2, 0.25) is 0 Å². The maximum atomic E-state index is 12.0. The number of pyridine rings is 1. The Morgan fingerprint density at radius 2 is 2.05 bits per heavy atom. The lowest BCUT2D eigenvalue weighted by Crippen LogP contribution is -2.29. The van der Waals surface area contributed by atoms with Crippen molar-refractivity contribution in [2.24, 2.45) is 0 Å². The summed E-state index contributed by atoms with van der Waals surface area (Å²) in [5.74, 6) is 0.613. The molecule has 106 valence electrons. The normalized spacial score (nSPS) is 11.1. The molecule has 0 aliphatic heterocycles. The molecule has 2 aromatic rings. The van der Waals surface area contributed by atoms with E-state index in [0.717, 1.165) is 5.56 Å². The summed E-state index contributed by atoms with van der Waals surface area (Å²) in [6.07, 6.45) is 4.49. The third-order valence-corrected chi connectivity index (χ3v) is 3.93. The molecule has 0 bridgehead atoms. The number of sulfonamides is 1. The molecule has 0 atom stereocenters. The van der Waals surface area contributed by atoms with E-state index in [1.165, 1.54) is 10.6 Å². The number of aromatic nitrogens is 1. The number of anilines is 1. The third-order valence-electron chi connectivity index (χ3n) is 2.79. The minimum absolute atomic E-state index is 0.236. The first-order valence-corrected chi connectivity index (χ1v) is 7.86. The second kappa shape index (κ2) is 5.92. The molecule has 1 aromatic carbocycles. The van der Waals surface area contributed by atoms with Gasteiger partial charge in [0.05, 0.1) is 25.6 Å². The van der Waals surface area contributed by atoms with Gasteiger partial charge < -0.3 is 4.74 Å². The molecular weight excluding hydrogens is 276 g/mol. The second-order valence-electron chi connectivity index (χ2n) is 4.33. The predicted molar refractivity (Wildman–Crippen MR) is 78.3 cm³/mol. The number of nitrogens with zero attached hydrogens (tertiary/aromatic N) is 2. The lowest BCUT2D eigenvalue weighted by atomic mass is 10.2. The van der Waals surface area contributed by atoms with Gasteiger partial charge in [-0.05, 0) is 23.8 Å². The highest BCUT2D eigenvalue weighted by molar-refractivity contribution is 7.92. The van der Waals surface area contributed by atoms with E-state index in [9.17, 15) is 8.42 Å². The Labute approximate surface area is 118 Å². The summed E-state index contributed by atoms with van der Waals surface area (Å²) in [7, 11) is -1.84. The van der Waals surface area contributed by atoms with Crippen LogP contribution >= 0.6 is 0 Å². The zero-order valence-electron chi connectivity index (χ0n) is 11.4. The van der Waals surface area contributed by atoms with Crippen molar-refractivity contribution >= 4 is 15.7 Å². The summed E-state index contributed by atoms with van der Waals surface area (Å²) in [6, 6.07) is 10.6. The first kappa shape index (κ1) is 14.3. The zero-order valence-corrected chi connectivity index (χ0v) is 12.2. The first-order valence-electron chi connectivity index (χ1n) is 6.01. The van der Waals surface area contributed by atoms with Gasteiger partial charge in [0.1, 0.15) is 5.75 Å². The Morgan fingerprint density at radius 1 is 1.25 bits per heavy atom. The summed E-state index contributed by atoms with van der Waals surface area (Å²) in [4.78, 5) is 4.00. The number of ether oxygens (including phenoxy) is 1. The molecule has 0 aliphatic carbocycles. The maximum absolute atomic E-state index is 12.0. The fourth-order valence-electron chi connectivity index (χ4n) is 1.82. The van der Waals surface area contributed by atoms with Crippen LogP contribution < -0.4 is 9.04 Å². The van der Waals surface area contributed by atoms with Crippen molar-refractivity contribution in [2.75, 3.05) is 17.7 Å². The standard InChI is InChI=1S/C14H16N2O3S/c1-19-14-7-3-6-13(9-14)16(20(2,17)18)11-12-5-4-8-15-10-12/h3-10H,11H2,1-2H3. The zero-order chi connectivity index (χ0) is 14.6. The highest BCUT2D eigenvalue weighted by Crippen LogP contribution is 2.24. The van der Waals surface area contributed by atoms with E-state index in [0.29, 0.717) is 11.4 Å². The highest BCUT2D eigenvalue weighted by atomic mass is 32.2. The molecule has 5 nitrogen and oxygen atoms in total. The van der Waals surface area contributed by atoms with Crippen molar-refractivity contribution in [1.82, 2.24) is 4.98 Å². The van der Waals surface area contributed by atoms with Gasteiger partial charge in [0.25, 0.3) is 0 Å². The summed E-state index contributed by atoms with van der Waals surface area (Å²) >= 11 is 0. The van der Waals surface area contributed by atoms with Gasteiger partial charge in [-0.2, -0.15) is 0 Å². The number of methoxy groups -OCH3 is 1. The van der Waals surface area contributed by atoms with Gasteiger partial charge in [-0.3, -0.25) is 9.29 Å². The molecule has 0 N–H and O–H groups in total. The van der Waals surface area contributed by atoms with E-state index in [1.807, 2.05) is 6.07 Å².